The lowest BCUT2D eigenvalue weighted by atomic mass is 9.90. The molecule has 0 bridgehead atoms. The Morgan fingerprint density at radius 2 is 1.61 bits per heavy atom. The molecule has 1 aromatic rings. The number of hydrogen-bond donors (Lipinski definition) is 2. The minimum absolute atomic E-state index is 0.193. The first-order valence-corrected chi connectivity index (χ1v) is 11.9. The number of sulfone groups is 1. The molecule has 28 heavy (non-hydrogen) atoms. The van der Waals surface area contributed by atoms with E-state index < -0.39 is 9.84 Å². The van der Waals surface area contributed by atoms with Crippen LogP contribution in [0.2, 0.25) is 0 Å². The second kappa shape index (κ2) is 10.6. The van der Waals surface area contributed by atoms with Gasteiger partial charge in [-0.3, -0.25) is 0 Å². The lowest BCUT2D eigenvalue weighted by Crippen LogP contribution is -2.12. The molecule has 0 radical (unpaired) electrons. The molecule has 0 spiro atoms. The van der Waals surface area contributed by atoms with Crippen LogP contribution in [0, 0.1) is 0 Å². The normalized spacial score (nSPS) is 15.2. The number of aliphatic hydroxyl groups excluding tert-OH is 1. The smallest absolute Gasteiger partial charge is 0.159 e. The number of unbranched alkanes of at least 4 members (excludes halogenated alkanes) is 3. The zero-order valence-corrected chi connectivity index (χ0v) is 17.7. The van der Waals surface area contributed by atoms with Crippen LogP contribution < -0.4 is 0 Å². The van der Waals surface area contributed by atoms with Crippen LogP contribution in [0.1, 0.15) is 64.4 Å². The van der Waals surface area contributed by atoms with Gasteiger partial charge >= 0.3 is 0 Å². The van der Waals surface area contributed by atoms with Crippen LogP contribution in [0.25, 0.3) is 5.57 Å². The average Bonchev–Trinajstić information content (AvgIpc) is 2.65. The first kappa shape index (κ1) is 22.3. The molecule has 2 rings (SSSR count). The highest BCUT2D eigenvalue weighted by atomic mass is 32.2. The summed E-state index contributed by atoms with van der Waals surface area (Å²) in [5, 5.41) is 19.7. The van der Waals surface area contributed by atoms with Gasteiger partial charge in [0.1, 0.15) is 21.3 Å². The van der Waals surface area contributed by atoms with Gasteiger partial charge in [-0.15, -0.1) is 0 Å². The first-order valence-electron chi connectivity index (χ1n) is 10.1. The molecule has 0 unspecified atom stereocenters. The molecule has 1 aliphatic rings. The topological polar surface area (TPSA) is 83.8 Å². The first-order chi connectivity index (χ1) is 13.3. The molecule has 0 aliphatic heterocycles. The van der Waals surface area contributed by atoms with Crippen LogP contribution in [0.5, 0.6) is 5.75 Å². The third-order valence-corrected chi connectivity index (χ3v) is 6.86. The van der Waals surface area contributed by atoms with Crippen LogP contribution in [0.4, 0.5) is 0 Å². The minimum Gasteiger partial charge on any atom is -0.508 e. The van der Waals surface area contributed by atoms with E-state index in [0.29, 0.717) is 38.0 Å². The number of aliphatic hydroxyl groups is 1. The maximum Gasteiger partial charge on any atom is 0.159 e. The highest BCUT2D eigenvalue weighted by Crippen LogP contribution is 2.36. The van der Waals surface area contributed by atoms with Crippen molar-refractivity contribution in [2.24, 2.45) is 0 Å². The Balaban J connectivity index is 1.88. The molecule has 0 saturated heterocycles. The molecule has 6 heteroatoms. The number of phenolic OH excluding ortho intramolecular Hbond substituents is 1. The monoisotopic (exact) mass is 408 g/mol. The van der Waals surface area contributed by atoms with Crippen LogP contribution in [0.3, 0.4) is 0 Å². The summed E-state index contributed by atoms with van der Waals surface area (Å²) < 4.78 is 29.8. The second-order valence-corrected chi connectivity index (χ2v) is 9.64. The maximum atomic E-state index is 12.0. The Labute approximate surface area is 168 Å². The summed E-state index contributed by atoms with van der Waals surface area (Å²) in [5.74, 6) is 1.43. The molecule has 0 fully saturated rings. The van der Waals surface area contributed by atoms with E-state index in [0.717, 1.165) is 36.0 Å². The van der Waals surface area contributed by atoms with Gasteiger partial charge in [-0.1, -0.05) is 31.9 Å². The molecule has 0 heterocycles. The molecule has 2 N–H and O–H groups in total. The predicted molar refractivity (Wildman–Crippen MR) is 113 cm³/mol. The molecular weight excluding hydrogens is 376 g/mol. The van der Waals surface area contributed by atoms with Crippen LogP contribution >= 0.6 is 0 Å². The summed E-state index contributed by atoms with van der Waals surface area (Å²) >= 11 is 0. The summed E-state index contributed by atoms with van der Waals surface area (Å²) in [6, 6.07) is 7.01. The summed E-state index contributed by atoms with van der Waals surface area (Å²) in [6.07, 6.45) is 5.12. The molecule has 0 aromatic heterocycles. The van der Waals surface area contributed by atoms with Gasteiger partial charge < -0.3 is 14.9 Å². The number of ether oxygens (including phenoxy) is 1. The molecule has 5 nitrogen and oxygen atoms in total. The van der Waals surface area contributed by atoms with Gasteiger partial charge in [-0.2, -0.15) is 0 Å². The fourth-order valence-corrected chi connectivity index (χ4v) is 4.88. The van der Waals surface area contributed by atoms with E-state index >= 15 is 0 Å². The number of aromatic hydroxyl groups is 1. The molecule has 0 atom stereocenters. The Kier molecular flexibility index (Phi) is 8.42. The molecule has 0 amide bonds. The van der Waals surface area contributed by atoms with Crippen molar-refractivity contribution in [2.45, 2.75) is 58.8 Å². The number of rotatable bonds is 11. The molecular formula is C22H32O5S. The van der Waals surface area contributed by atoms with E-state index in [4.69, 9.17) is 4.74 Å². The van der Waals surface area contributed by atoms with Gasteiger partial charge in [0.25, 0.3) is 0 Å². The zero-order chi connectivity index (χ0) is 20.6. The van der Waals surface area contributed by atoms with Gasteiger partial charge in [0.05, 0.1) is 18.1 Å². The predicted octanol–water partition coefficient (Wildman–Crippen LogP) is 5.13. The lowest BCUT2D eigenvalue weighted by Gasteiger charge is -2.22. The number of benzene rings is 1. The molecule has 0 saturated carbocycles. The van der Waals surface area contributed by atoms with Crippen molar-refractivity contribution in [3.63, 3.8) is 0 Å². The number of hydrogen-bond acceptors (Lipinski definition) is 5. The highest BCUT2D eigenvalue weighted by Gasteiger charge is 2.21. The van der Waals surface area contributed by atoms with Crippen molar-refractivity contribution in [1.82, 2.24) is 0 Å². The third-order valence-electron chi connectivity index (χ3n) is 5.04. The fraction of sp³-hybridized carbons (Fsp3) is 0.545. The van der Waals surface area contributed by atoms with E-state index in [1.54, 1.807) is 12.1 Å². The second-order valence-electron chi connectivity index (χ2n) is 7.34. The summed E-state index contributed by atoms with van der Waals surface area (Å²) in [4.78, 5) is 0. The third kappa shape index (κ3) is 6.59. The summed E-state index contributed by atoms with van der Waals surface area (Å²) in [5.41, 5.74) is 2.98. The van der Waals surface area contributed by atoms with Crippen molar-refractivity contribution in [2.75, 3.05) is 18.1 Å². The molecule has 156 valence electrons. The van der Waals surface area contributed by atoms with E-state index in [1.807, 2.05) is 19.1 Å². The Morgan fingerprint density at radius 3 is 2.25 bits per heavy atom. The zero-order valence-electron chi connectivity index (χ0n) is 16.9. The van der Waals surface area contributed by atoms with Gasteiger partial charge in [0.2, 0.25) is 0 Å². The standard InChI is InChI=1S/C22H32O5S/c1-3-4-6-15-28(25,26)16-7-5-14-27-22-17(2)20(12-13-21(22)24)18-8-10-19(23)11-9-18/h8-11,23-24H,3-7,12-16H2,1-2H3. The Hall–Kier alpha value is -1.95. The number of allylic oxidation sites excluding steroid dienone is 3. The van der Waals surface area contributed by atoms with E-state index in [2.05, 4.69) is 6.92 Å². The summed E-state index contributed by atoms with van der Waals surface area (Å²) in [7, 11) is -2.98. The van der Waals surface area contributed by atoms with Crippen molar-refractivity contribution in [3.05, 3.63) is 46.9 Å². The molecule has 1 aliphatic carbocycles. The van der Waals surface area contributed by atoms with Crippen molar-refractivity contribution in [3.8, 4) is 5.75 Å². The Bertz CT molecular complexity index is 804. The van der Waals surface area contributed by atoms with Crippen LogP contribution in [-0.4, -0.2) is 36.7 Å². The summed E-state index contributed by atoms with van der Waals surface area (Å²) in [6.45, 7) is 4.36. The average molecular weight is 409 g/mol. The van der Waals surface area contributed by atoms with Crippen molar-refractivity contribution in [1.29, 1.82) is 0 Å². The van der Waals surface area contributed by atoms with Crippen molar-refractivity contribution >= 4 is 15.4 Å². The van der Waals surface area contributed by atoms with E-state index in [9.17, 15) is 18.6 Å². The maximum absolute atomic E-state index is 12.0. The van der Waals surface area contributed by atoms with Gasteiger partial charge in [0, 0.05) is 6.42 Å². The van der Waals surface area contributed by atoms with E-state index in [-0.39, 0.29) is 23.0 Å². The van der Waals surface area contributed by atoms with Gasteiger partial charge in [0.15, 0.2) is 5.76 Å². The lowest BCUT2D eigenvalue weighted by molar-refractivity contribution is 0.190. The minimum atomic E-state index is -2.98. The van der Waals surface area contributed by atoms with Gasteiger partial charge in [-0.25, -0.2) is 8.42 Å². The quantitative estimate of drug-likeness (QED) is 0.496. The van der Waals surface area contributed by atoms with Gasteiger partial charge in [-0.05, 0) is 61.4 Å². The number of phenols is 1. The van der Waals surface area contributed by atoms with E-state index in [1.165, 1.54) is 0 Å². The molecule has 1 aromatic carbocycles. The SMILES string of the molecule is CCCCCS(=O)(=O)CCCCOC1=C(O)CCC(c2ccc(O)cc2)=C1C. The van der Waals surface area contributed by atoms with Crippen LogP contribution in [-0.2, 0) is 14.6 Å². The van der Waals surface area contributed by atoms with Crippen molar-refractivity contribution < 1.29 is 23.4 Å². The largest absolute Gasteiger partial charge is 0.508 e. The fourth-order valence-electron chi connectivity index (χ4n) is 3.39. The van der Waals surface area contributed by atoms with Crippen LogP contribution in [0.15, 0.2) is 41.4 Å². The Morgan fingerprint density at radius 1 is 0.964 bits per heavy atom. The highest BCUT2D eigenvalue weighted by molar-refractivity contribution is 7.91.